The molecule has 0 saturated carbocycles. The lowest BCUT2D eigenvalue weighted by Gasteiger charge is -2.18. The van der Waals surface area contributed by atoms with Crippen molar-refractivity contribution in [3.8, 4) is 5.75 Å². The average Bonchev–Trinajstić information content (AvgIpc) is 3.06. The van der Waals surface area contributed by atoms with Gasteiger partial charge < -0.3 is 15.7 Å². The molecule has 1 unspecified atom stereocenters. The predicted octanol–water partition coefficient (Wildman–Crippen LogP) is 5.29. The second kappa shape index (κ2) is 7.83. The van der Waals surface area contributed by atoms with Crippen molar-refractivity contribution in [3.05, 3.63) is 93.3 Å². The Morgan fingerprint density at radius 2 is 1.84 bits per heavy atom. The zero-order valence-corrected chi connectivity index (χ0v) is 16.7. The maximum atomic E-state index is 13.7. The van der Waals surface area contributed by atoms with Crippen molar-refractivity contribution in [2.45, 2.75) is 12.2 Å². The van der Waals surface area contributed by atoms with Gasteiger partial charge in [-0.1, -0.05) is 17.7 Å². The monoisotopic (exact) mass is 464 g/mol. The van der Waals surface area contributed by atoms with E-state index in [1.54, 1.807) is 0 Å². The summed E-state index contributed by atoms with van der Waals surface area (Å²) in [6.07, 6.45) is -4.83. The van der Waals surface area contributed by atoms with Gasteiger partial charge in [0.15, 0.2) is 0 Å². The van der Waals surface area contributed by atoms with E-state index in [-0.39, 0.29) is 22.0 Å². The van der Waals surface area contributed by atoms with E-state index in [2.05, 4.69) is 10.6 Å². The maximum Gasteiger partial charge on any atom is 0.416 e. The van der Waals surface area contributed by atoms with Gasteiger partial charge in [0.1, 0.15) is 11.6 Å². The molecule has 0 aliphatic carbocycles. The summed E-state index contributed by atoms with van der Waals surface area (Å²) in [5, 5.41) is 15.2. The summed E-state index contributed by atoms with van der Waals surface area (Å²) in [7, 11) is 0. The summed E-state index contributed by atoms with van der Waals surface area (Å²) in [4.78, 5) is 25.1. The van der Waals surface area contributed by atoms with Gasteiger partial charge in [0.05, 0.1) is 11.6 Å². The van der Waals surface area contributed by atoms with Crippen molar-refractivity contribution in [2.24, 2.45) is 0 Å². The summed E-state index contributed by atoms with van der Waals surface area (Å²) in [6.45, 7) is 0. The first-order valence-electron chi connectivity index (χ1n) is 9.16. The zero-order valence-electron chi connectivity index (χ0n) is 15.9. The van der Waals surface area contributed by atoms with Crippen LogP contribution in [0.5, 0.6) is 5.75 Å². The number of aromatic hydroxyl groups is 1. The topological polar surface area (TPSA) is 78.4 Å². The molecule has 10 heteroatoms. The van der Waals surface area contributed by atoms with Crippen LogP contribution in [0.25, 0.3) is 0 Å². The van der Waals surface area contributed by atoms with Gasteiger partial charge in [-0.05, 0) is 48.5 Å². The molecule has 0 spiro atoms. The molecule has 1 aliphatic heterocycles. The summed E-state index contributed by atoms with van der Waals surface area (Å²) < 4.78 is 52.7. The number of alkyl halides is 3. The van der Waals surface area contributed by atoms with Gasteiger partial charge in [0.2, 0.25) is 0 Å². The second-order valence-corrected chi connectivity index (χ2v) is 7.47. The van der Waals surface area contributed by atoms with Crippen LogP contribution in [0, 0.1) is 5.82 Å². The molecule has 164 valence electrons. The highest BCUT2D eigenvalue weighted by atomic mass is 35.5. The minimum atomic E-state index is -4.83. The number of halogens is 5. The van der Waals surface area contributed by atoms with E-state index in [1.165, 1.54) is 36.4 Å². The van der Waals surface area contributed by atoms with Crippen LogP contribution in [-0.4, -0.2) is 16.9 Å². The number of benzene rings is 3. The Hall–Kier alpha value is -3.59. The van der Waals surface area contributed by atoms with Crippen molar-refractivity contribution in [1.82, 2.24) is 5.32 Å². The molecule has 4 rings (SSSR count). The number of nitrogens with one attached hydrogen (secondary N) is 2. The highest BCUT2D eigenvalue weighted by Gasteiger charge is 2.35. The van der Waals surface area contributed by atoms with Gasteiger partial charge in [-0.15, -0.1) is 0 Å². The minimum absolute atomic E-state index is 0.104. The summed E-state index contributed by atoms with van der Waals surface area (Å²) in [6, 6.07) is 9.24. The molecule has 1 aliphatic rings. The van der Waals surface area contributed by atoms with E-state index in [9.17, 15) is 32.3 Å². The number of hydrogen-bond donors (Lipinski definition) is 3. The Bertz CT molecular complexity index is 1260. The summed E-state index contributed by atoms with van der Waals surface area (Å²) >= 11 is 6.22. The van der Waals surface area contributed by atoms with Crippen molar-refractivity contribution >= 4 is 29.1 Å². The van der Waals surface area contributed by atoms with E-state index in [0.717, 1.165) is 0 Å². The van der Waals surface area contributed by atoms with Crippen LogP contribution in [0.4, 0.5) is 23.2 Å². The largest absolute Gasteiger partial charge is 0.508 e. The first kappa shape index (κ1) is 21.6. The van der Waals surface area contributed by atoms with Crippen LogP contribution < -0.4 is 10.6 Å². The molecule has 5 nitrogen and oxygen atoms in total. The van der Waals surface area contributed by atoms with E-state index >= 15 is 0 Å². The number of rotatable bonds is 3. The number of phenols is 1. The fraction of sp³-hybridized carbons (Fsp3) is 0.0909. The number of carbonyl (C=O) groups excluding carboxylic acids is 2. The average molecular weight is 465 g/mol. The van der Waals surface area contributed by atoms with Gasteiger partial charge in [-0.2, -0.15) is 13.2 Å². The van der Waals surface area contributed by atoms with Crippen molar-refractivity contribution in [1.29, 1.82) is 0 Å². The summed E-state index contributed by atoms with van der Waals surface area (Å²) in [5.41, 5.74) is -0.853. The standard InChI is InChI=1S/C22H13ClF4N2O3/c23-16-5-4-13(30)9-15(16)19-18-14(21(32)29-19)2-1-3-17(18)28-20(31)10-6-11(22(25,26)27)8-12(24)7-10/h1-9,19,30H,(H,28,31)(H,29,32). The van der Waals surface area contributed by atoms with Crippen LogP contribution in [-0.2, 0) is 6.18 Å². The lowest BCUT2D eigenvalue weighted by atomic mass is 9.96. The molecular formula is C22H13ClF4N2O3. The fourth-order valence-electron chi connectivity index (χ4n) is 3.53. The lowest BCUT2D eigenvalue weighted by molar-refractivity contribution is -0.137. The number of fused-ring (bicyclic) bond motifs is 1. The minimum Gasteiger partial charge on any atom is -0.508 e. The lowest BCUT2D eigenvalue weighted by Crippen LogP contribution is -2.21. The second-order valence-electron chi connectivity index (χ2n) is 7.06. The van der Waals surface area contributed by atoms with Crippen LogP contribution in [0.15, 0.2) is 54.6 Å². The third-order valence-electron chi connectivity index (χ3n) is 4.94. The van der Waals surface area contributed by atoms with E-state index < -0.39 is 41.0 Å². The quantitative estimate of drug-likeness (QED) is 0.461. The molecule has 2 amide bonds. The molecule has 0 radical (unpaired) electrons. The molecule has 3 aromatic carbocycles. The maximum absolute atomic E-state index is 13.7. The van der Waals surface area contributed by atoms with Crippen LogP contribution >= 0.6 is 11.6 Å². The molecule has 3 aromatic rings. The number of hydrogen-bond acceptors (Lipinski definition) is 3. The van der Waals surface area contributed by atoms with E-state index in [4.69, 9.17) is 11.6 Å². The Morgan fingerprint density at radius 3 is 2.56 bits per heavy atom. The Balaban J connectivity index is 1.75. The van der Waals surface area contributed by atoms with Crippen molar-refractivity contribution in [2.75, 3.05) is 5.32 Å². The van der Waals surface area contributed by atoms with Gasteiger partial charge in [0.25, 0.3) is 11.8 Å². The number of phenolic OH excluding ortho intramolecular Hbond substituents is 1. The van der Waals surface area contributed by atoms with E-state index in [0.29, 0.717) is 29.3 Å². The molecule has 1 atom stereocenters. The Labute approximate surface area is 183 Å². The van der Waals surface area contributed by atoms with Gasteiger partial charge in [-0.25, -0.2) is 4.39 Å². The molecule has 0 saturated heterocycles. The molecule has 0 bridgehead atoms. The van der Waals surface area contributed by atoms with Gasteiger partial charge in [-0.3, -0.25) is 9.59 Å². The fourth-order valence-corrected chi connectivity index (χ4v) is 3.76. The number of anilines is 1. The predicted molar refractivity (Wildman–Crippen MR) is 108 cm³/mol. The molecule has 1 heterocycles. The zero-order chi connectivity index (χ0) is 23.2. The Morgan fingerprint density at radius 1 is 1.09 bits per heavy atom. The summed E-state index contributed by atoms with van der Waals surface area (Å²) in [5.74, 6) is -2.79. The molecule has 32 heavy (non-hydrogen) atoms. The van der Waals surface area contributed by atoms with Crippen molar-refractivity contribution < 1.29 is 32.3 Å². The van der Waals surface area contributed by atoms with Crippen molar-refractivity contribution in [3.63, 3.8) is 0 Å². The van der Waals surface area contributed by atoms with Gasteiger partial charge >= 0.3 is 6.18 Å². The first-order chi connectivity index (χ1) is 15.0. The van der Waals surface area contributed by atoms with Crippen LogP contribution in [0.3, 0.4) is 0 Å². The molecule has 0 aromatic heterocycles. The normalized spacial score (nSPS) is 15.3. The van der Waals surface area contributed by atoms with E-state index in [1.807, 2.05) is 0 Å². The number of carbonyl (C=O) groups is 2. The molecule has 0 fully saturated rings. The highest BCUT2D eigenvalue weighted by Crippen LogP contribution is 2.40. The van der Waals surface area contributed by atoms with Crippen LogP contribution in [0.1, 0.15) is 43.4 Å². The molecule has 3 N–H and O–H groups in total. The van der Waals surface area contributed by atoms with Crippen LogP contribution in [0.2, 0.25) is 5.02 Å². The van der Waals surface area contributed by atoms with Gasteiger partial charge in [0, 0.05) is 33.0 Å². The highest BCUT2D eigenvalue weighted by molar-refractivity contribution is 6.31. The SMILES string of the molecule is O=C(Nc1cccc2c1C(c1cc(O)ccc1Cl)NC2=O)c1cc(F)cc(C(F)(F)F)c1. The third-order valence-corrected chi connectivity index (χ3v) is 5.29. The third kappa shape index (κ3) is 3.99. The smallest absolute Gasteiger partial charge is 0.416 e. The number of amides is 2. The Kier molecular flexibility index (Phi) is 5.29. The first-order valence-corrected chi connectivity index (χ1v) is 9.53. The molecular weight excluding hydrogens is 452 g/mol.